The van der Waals surface area contributed by atoms with Crippen LogP contribution >= 0.6 is 31.9 Å². The van der Waals surface area contributed by atoms with Crippen LogP contribution in [0.2, 0.25) is 0 Å². The summed E-state index contributed by atoms with van der Waals surface area (Å²) in [6.07, 6.45) is 3.47. The number of carbonyl (C=O) groups is 1. The molecule has 3 heterocycles. The molecule has 10 heteroatoms. The molecule has 1 saturated heterocycles. The van der Waals surface area contributed by atoms with Crippen molar-refractivity contribution in [1.82, 2.24) is 30.4 Å². The van der Waals surface area contributed by atoms with Crippen LogP contribution in [-0.2, 0) is 11.3 Å². The molecule has 0 spiro atoms. The van der Waals surface area contributed by atoms with Crippen LogP contribution in [0.4, 0.5) is 5.82 Å². The summed E-state index contributed by atoms with van der Waals surface area (Å²) in [5.74, 6) is 0.758. The molecule has 4 aromatic rings. The minimum atomic E-state index is -0.333. The number of piperazine rings is 1. The summed E-state index contributed by atoms with van der Waals surface area (Å²) >= 11 is 6.89. The van der Waals surface area contributed by atoms with Crippen molar-refractivity contribution >= 4 is 54.6 Å². The number of hydrogen-bond donors (Lipinski definition) is 2. The third-order valence-corrected chi connectivity index (χ3v) is 6.62. The third-order valence-electron chi connectivity index (χ3n) is 5.56. The lowest BCUT2D eigenvalue weighted by atomic mass is 10.1. The highest BCUT2D eigenvalue weighted by Gasteiger charge is 2.27. The molecule has 1 atom stereocenters. The Morgan fingerprint density at radius 3 is 2.55 bits per heavy atom. The van der Waals surface area contributed by atoms with Gasteiger partial charge in [-0.25, -0.2) is 14.6 Å². The number of nitrogens with zero attached hydrogens (tertiary/aromatic N) is 5. The van der Waals surface area contributed by atoms with Gasteiger partial charge in [-0.1, -0.05) is 44.0 Å². The van der Waals surface area contributed by atoms with E-state index < -0.39 is 0 Å². The van der Waals surface area contributed by atoms with Crippen molar-refractivity contribution in [3.05, 3.63) is 75.6 Å². The SMILES string of the molecule is O=C(NCc1ccc(Br)cc1)C1CN(c2ncnc3nn(-c4ccc(Br)cc4)cc23)CCN1. The van der Waals surface area contributed by atoms with Gasteiger partial charge in [0.25, 0.3) is 0 Å². The molecule has 0 radical (unpaired) electrons. The van der Waals surface area contributed by atoms with Crippen molar-refractivity contribution in [3.8, 4) is 5.69 Å². The molecule has 1 aliphatic heterocycles. The maximum Gasteiger partial charge on any atom is 0.239 e. The highest BCUT2D eigenvalue weighted by Crippen LogP contribution is 2.25. The number of benzene rings is 2. The van der Waals surface area contributed by atoms with Crippen molar-refractivity contribution < 1.29 is 4.79 Å². The molecule has 1 unspecified atom stereocenters. The Balaban J connectivity index is 1.32. The van der Waals surface area contributed by atoms with E-state index in [2.05, 4.69) is 62.5 Å². The zero-order valence-corrected chi connectivity index (χ0v) is 20.8. The fourth-order valence-corrected chi connectivity index (χ4v) is 4.37. The van der Waals surface area contributed by atoms with Crippen molar-refractivity contribution in [1.29, 1.82) is 0 Å². The minimum Gasteiger partial charge on any atom is -0.353 e. The molecular formula is C23H21Br2N7O. The quantitative estimate of drug-likeness (QED) is 0.382. The summed E-state index contributed by atoms with van der Waals surface area (Å²) < 4.78 is 3.83. The zero-order chi connectivity index (χ0) is 22.8. The maximum atomic E-state index is 12.8. The molecule has 0 saturated carbocycles. The Bertz CT molecular complexity index is 1270. The van der Waals surface area contributed by atoms with Crippen LogP contribution in [0.3, 0.4) is 0 Å². The Kier molecular flexibility index (Phi) is 6.39. The van der Waals surface area contributed by atoms with E-state index in [-0.39, 0.29) is 11.9 Å². The van der Waals surface area contributed by atoms with Crippen molar-refractivity contribution in [2.24, 2.45) is 0 Å². The van der Waals surface area contributed by atoms with Gasteiger partial charge in [-0.05, 0) is 42.0 Å². The van der Waals surface area contributed by atoms with E-state index in [0.717, 1.165) is 37.9 Å². The number of nitrogens with one attached hydrogen (secondary N) is 2. The average molecular weight is 571 g/mol. The summed E-state index contributed by atoms with van der Waals surface area (Å²) in [7, 11) is 0. The molecule has 0 aliphatic carbocycles. The predicted octanol–water partition coefficient (Wildman–Crippen LogP) is 3.44. The largest absolute Gasteiger partial charge is 0.353 e. The number of carbonyl (C=O) groups excluding carboxylic acids is 1. The fourth-order valence-electron chi connectivity index (χ4n) is 3.84. The Hall–Kier alpha value is -2.82. The first kappa shape index (κ1) is 22.0. The molecule has 2 N–H and O–H groups in total. The lowest BCUT2D eigenvalue weighted by Gasteiger charge is -2.33. The van der Waals surface area contributed by atoms with E-state index in [0.29, 0.717) is 25.3 Å². The third kappa shape index (κ3) is 4.92. The van der Waals surface area contributed by atoms with Crippen LogP contribution < -0.4 is 15.5 Å². The molecule has 33 heavy (non-hydrogen) atoms. The summed E-state index contributed by atoms with van der Waals surface area (Å²) in [5.41, 5.74) is 2.61. The van der Waals surface area contributed by atoms with Crippen molar-refractivity contribution in [3.63, 3.8) is 0 Å². The molecule has 1 fully saturated rings. The normalized spacial score (nSPS) is 16.2. The molecule has 5 rings (SSSR count). The first-order chi connectivity index (χ1) is 16.1. The minimum absolute atomic E-state index is 0.0292. The number of amides is 1. The van der Waals surface area contributed by atoms with Gasteiger partial charge in [0, 0.05) is 41.3 Å². The monoisotopic (exact) mass is 569 g/mol. The molecule has 2 aromatic heterocycles. The fraction of sp³-hybridized carbons (Fsp3) is 0.217. The Morgan fingerprint density at radius 1 is 1.06 bits per heavy atom. The van der Waals surface area contributed by atoms with E-state index in [1.165, 1.54) is 6.33 Å². The van der Waals surface area contributed by atoms with Gasteiger partial charge in [0.15, 0.2) is 5.65 Å². The number of aromatic nitrogens is 4. The summed E-state index contributed by atoms with van der Waals surface area (Å²) in [5, 5.41) is 11.8. The number of fused-ring (bicyclic) bond motifs is 1. The van der Waals surface area contributed by atoms with E-state index >= 15 is 0 Å². The second-order valence-electron chi connectivity index (χ2n) is 7.78. The number of anilines is 1. The van der Waals surface area contributed by atoms with Crippen LogP contribution in [0.5, 0.6) is 0 Å². The average Bonchev–Trinajstić information content (AvgIpc) is 3.28. The van der Waals surface area contributed by atoms with Crippen LogP contribution in [0.15, 0.2) is 70.0 Å². The number of rotatable bonds is 5. The molecule has 1 amide bonds. The molecule has 2 aromatic carbocycles. The lowest BCUT2D eigenvalue weighted by Crippen LogP contribution is -2.57. The predicted molar refractivity (Wildman–Crippen MR) is 134 cm³/mol. The van der Waals surface area contributed by atoms with Crippen LogP contribution in [0.25, 0.3) is 16.7 Å². The highest BCUT2D eigenvalue weighted by atomic mass is 79.9. The maximum absolute atomic E-state index is 12.8. The van der Waals surface area contributed by atoms with Crippen molar-refractivity contribution in [2.45, 2.75) is 12.6 Å². The van der Waals surface area contributed by atoms with E-state index in [1.807, 2.05) is 54.7 Å². The number of halogens is 2. The zero-order valence-electron chi connectivity index (χ0n) is 17.6. The van der Waals surface area contributed by atoms with Crippen LogP contribution in [0, 0.1) is 0 Å². The van der Waals surface area contributed by atoms with Crippen LogP contribution in [0.1, 0.15) is 5.56 Å². The van der Waals surface area contributed by atoms with Gasteiger partial charge in [0.2, 0.25) is 5.91 Å². The first-order valence-electron chi connectivity index (χ1n) is 10.5. The second kappa shape index (κ2) is 9.58. The topological polar surface area (TPSA) is 88.0 Å². The number of hydrogen-bond acceptors (Lipinski definition) is 6. The summed E-state index contributed by atoms with van der Waals surface area (Å²) in [4.78, 5) is 23.8. The second-order valence-corrected chi connectivity index (χ2v) is 9.61. The lowest BCUT2D eigenvalue weighted by molar-refractivity contribution is -0.123. The van der Waals surface area contributed by atoms with E-state index in [4.69, 9.17) is 0 Å². The summed E-state index contributed by atoms with van der Waals surface area (Å²) in [6, 6.07) is 15.5. The molecule has 0 bridgehead atoms. The Labute approximate surface area is 207 Å². The molecule has 8 nitrogen and oxygen atoms in total. The van der Waals surface area contributed by atoms with Gasteiger partial charge >= 0.3 is 0 Å². The van der Waals surface area contributed by atoms with Gasteiger partial charge < -0.3 is 15.5 Å². The molecule has 1 aliphatic rings. The standard InChI is InChI=1S/C23H21Br2N7O/c24-16-3-1-15(2-4-16)11-27-23(33)20-13-31(10-9-26-20)22-19-12-32(30-21(19)28-14-29-22)18-7-5-17(25)6-8-18/h1-8,12,14,20,26H,9-11,13H2,(H,27,33). The van der Waals surface area contributed by atoms with Crippen molar-refractivity contribution in [2.75, 3.05) is 24.5 Å². The summed E-state index contributed by atoms with van der Waals surface area (Å²) in [6.45, 7) is 2.43. The van der Waals surface area contributed by atoms with Gasteiger partial charge in [0.1, 0.15) is 18.2 Å². The Morgan fingerprint density at radius 2 is 1.79 bits per heavy atom. The van der Waals surface area contributed by atoms with Gasteiger partial charge in [-0.3, -0.25) is 4.79 Å². The van der Waals surface area contributed by atoms with Gasteiger partial charge in [-0.2, -0.15) is 0 Å². The van der Waals surface area contributed by atoms with E-state index in [1.54, 1.807) is 4.68 Å². The van der Waals surface area contributed by atoms with Gasteiger partial charge in [0.05, 0.1) is 11.1 Å². The van der Waals surface area contributed by atoms with E-state index in [9.17, 15) is 4.79 Å². The first-order valence-corrected chi connectivity index (χ1v) is 12.1. The molecular weight excluding hydrogens is 550 g/mol. The van der Waals surface area contributed by atoms with Gasteiger partial charge in [-0.15, -0.1) is 5.10 Å². The highest BCUT2D eigenvalue weighted by molar-refractivity contribution is 9.10. The van der Waals surface area contributed by atoms with Crippen LogP contribution in [-0.4, -0.2) is 51.3 Å². The molecule has 168 valence electrons. The smallest absolute Gasteiger partial charge is 0.239 e.